The van der Waals surface area contributed by atoms with Crippen LogP contribution in [0.1, 0.15) is 58.2 Å². The van der Waals surface area contributed by atoms with Gasteiger partial charge in [-0.25, -0.2) is 4.57 Å². The van der Waals surface area contributed by atoms with Gasteiger partial charge in [0.1, 0.15) is 7.05 Å². The van der Waals surface area contributed by atoms with Gasteiger partial charge >= 0.3 is 0 Å². The molecular weight excluding hydrogens is 515 g/mol. The third-order valence-electron chi connectivity index (χ3n) is 8.63. The summed E-state index contributed by atoms with van der Waals surface area (Å²) in [5.74, 6) is 0. The molecule has 1 aromatic heterocycles. The fraction of sp³-hybridized carbons (Fsp3) is 0.308. The largest absolute Gasteiger partial charge is 0.222 e. The maximum absolute atomic E-state index is 2.46. The van der Waals surface area contributed by atoms with E-state index in [2.05, 4.69) is 133 Å². The minimum Gasteiger partial charge on any atom is -0.200 e. The van der Waals surface area contributed by atoms with Gasteiger partial charge in [-0.3, -0.25) is 0 Å². The van der Waals surface area contributed by atoms with Gasteiger partial charge in [0.05, 0.1) is 10.9 Å². The van der Waals surface area contributed by atoms with E-state index >= 15 is 0 Å². The van der Waals surface area contributed by atoms with Gasteiger partial charge in [-0.2, -0.15) is 0 Å². The fourth-order valence-corrected chi connectivity index (χ4v) is 8.45. The lowest BCUT2D eigenvalue weighted by Gasteiger charge is -2.28. The molecule has 1 aliphatic rings. The monoisotopic (exact) mass is 554 g/mol. The summed E-state index contributed by atoms with van der Waals surface area (Å²) in [5.41, 5.74) is 7.50. The minimum atomic E-state index is 0.164. The molecule has 2 heterocycles. The number of pyridine rings is 1. The van der Waals surface area contributed by atoms with Crippen LogP contribution in [0, 0.1) is 17.8 Å². The predicted molar refractivity (Wildman–Crippen MR) is 178 cm³/mol. The first-order valence-electron chi connectivity index (χ1n) is 14.9. The van der Waals surface area contributed by atoms with Crippen molar-refractivity contribution in [3.05, 3.63) is 89.6 Å². The Morgan fingerprint density at radius 3 is 2.02 bits per heavy atom. The first-order valence-corrected chi connectivity index (χ1v) is 15.7. The third kappa shape index (κ3) is 4.43. The lowest BCUT2D eigenvalue weighted by atomic mass is 9.82. The molecule has 0 atom stereocenters. The van der Waals surface area contributed by atoms with E-state index in [-0.39, 0.29) is 10.8 Å². The second-order valence-corrected chi connectivity index (χ2v) is 15.7. The van der Waals surface area contributed by atoms with Crippen LogP contribution in [0.4, 0.5) is 0 Å². The molecule has 0 N–H and O–H groups in total. The molecule has 206 valence electrons. The number of hydrogen-bond acceptors (Lipinski definition) is 1. The topological polar surface area (TPSA) is 3.88 Å². The van der Waals surface area contributed by atoms with Crippen LogP contribution in [-0.2, 0) is 19.9 Å². The van der Waals surface area contributed by atoms with Crippen LogP contribution in [-0.4, -0.2) is 0 Å². The quantitative estimate of drug-likeness (QED) is 0.152. The predicted octanol–water partition coefficient (Wildman–Crippen LogP) is 10.7. The van der Waals surface area contributed by atoms with Crippen molar-refractivity contribution in [3.63, 3.8) is 0 Å². The Kier molecular flexibility index (Phi) is 5.87. The third-order valence-corrected chi connectivity index (χ3v) is 9.91. The highest BCUT2D eigenvalue weighted by Crippen LogP contribution is 2.54. The number of aryl methyl sites for hydroxylation is 2. The standard InChI is InChI=1S/C39H40NS/c1-23-30-19-25-11-9-10-12-26(25)20-31(30)32(22-39(5,6)7)37-33(23)35-34-27(15-16-40(35)8)18-28-17-24(21-38(2,3)4)13-14-29(28)36(34)41-37/h9-20H,21-22H2,1-8H3/q+1. The van der Waals surface area contributed by atoms with Crippen molar-refractivity contribution in [1.82, 2.24) is 0 Å². The maximum atomic E-state index is 2.46. The molecule has 0 bridgehead atoms. The second kappa shape index (κ2) is 9.07. The van der Waals surface area contributed by atoms with E-state index in [4.69, 9.17) is 0 Å². The molecule has 1 aliphatic heterocycles. The molecule has 2 heteroatoms. The zero-order valence-electron chi connectivity index (χ0n) is 25.7. The average molecular weight is 555 g/mol. The van der Waals surface area contributed by atoms with Gasteiger partial charge < -0.3 is 0 Å². The summed E-state index contributed by atoms with van der Waals surface area (Å²) in [7, 11) is 2.22. The second-order valence-electron chi connectivity index (χ2n) is 14.6. The summed E-state index contributed by atoms with van der Waals surface area (Å²) in [6.07, 6.45) is 4.38. The van der Waals surface area contributed by atoms with Crippen LogP contribution in [0.5, 0.6) is 0 Å². The summed E-state index contributed by atoms with van der Waals surface area (Å²) in [6.45, 7) is 16.5. The Morgan fingerprint density at radius 2 is 1.34 bits per heavy atom. The molecule has 7 rings (SSSR count). The van der Waals surface area contributed by atoms with Crippen molar-refractivity contribution in [2.75, 3.05) is 0 Å². The van der Waals surface area contributed by atoms with Crippen LogP contribution >= 0.6 is 11.8 Å². The molecule has 1 nitrogen and oxygen atoms in total. The summed E-state index contributed by atoms with van der Waals surface area (Å²) >= 11 is 2.02. The van der Waals surface area contributed by atoms with Crippen LogP contribution in [0.25, 0.3) is 54.3 Å². The Bertz CT molecular complexity index is 2050. The Balaban J connectivity index is 1.60. The highest BCUT2D eigenvalue weighted by molar-refractivity contribution is 8.00. The van der Waals surface area contributed by atoms with Crippen LogP contribution in [0.2, 0.25) is 0 Å². The molecule has 0 radical (unpaired) electrons. The molecule has 6 aromatic rings. The SMILES string of the molecule is Cc1c2c(c(CC(C)(C)C)c3cc4ccccc4cc13)Sc1c3ccc(CC(C)(C)C)cc3cc3cc[n+](C)c-2c13. The molecule has 5 aromatic carbocycles. The molecule has 0 saturated heterocycles. The van der Waals surface area contributed by atoms with Crippen LogP contribution < -0.4 is 4.57 Å². The number of rotatable bonds is 2. The van der Waals surface area contributed by atoms with E-state index in [0.717, 1.165) is 12.8 Å². The van der Waals surface area contributed by atoms with Gasteiger partial charge in [-0.1, -0.05) is 95.8 Å². The fourth-order valence-electron chi connectivity index (χ4n) is 6.98. The molecule has 0 fully saturated rings. The van der Waals surface area contributed by atoms with Crippen molar-refractivity contribution in [2.45, 2.75) is 71.1 Å². The molecule has 0 spiro atoms. The van der Waals surface area contributed by atoms with Crippen molar-refractivity contribution in [2.24, 2.45) is 17.9 Å². The Hall–Kier alpha value is -3.36. The summed E-state index contributed by atoms with van der Waals surface area (Å²) in [4.78, 5) is 2.86. The molecule has 0 aliphatic carbocycles. The Labute approximate surface area is 248 Å². The first-order chi connectivity index (χ1) is 19.4. The van der Waals surface area contributed by atoms with E-state index in [1.54, 1.807) is 0 Å². The lowest BCUT2D eigenvalue weighted by molar-refractivity contribution is -0.659. The average Bonchev–Trinajstić information content (AvgIpc) is 2.90. The molecule has 0 saturated carbocycles. The number of aromatic nitrogens is 1. The number of nitrogens with zero attached hydrogens (tertiary/aromatic N) is 1. The van der Waals surface area contributed by atoms with Crippen molar-refractivity contribution in [1.29, 1.82) is 0 Å². The summed E-state index contributed by atoms with van der Waals surface area (Å²) < 4.78 is 2.37. The van der Waals surface area contributed by atoms with E-state index < -0.39 is 0 Å². The van der Waals surface area contributed by atoms with E-state index in [1.165, 1.54) is 80.8 Å². The van der Waals surface area contributed by atoms with E-state index in [0.29, 0.717) is 0 Å². The number of hydrogen-bond donors (Lipinski definition) is 0. The van der Waals surface area contributed by atoms with Gasteiger partial charge in [0.15, 0.2) is 6.20 Å². The van der Waals surface area contributed by atoms with Crippen molar-refractivity contribution >= 4 is 54.9 Å². The van der Waals surface area contributed by atoms with Crippen molar-refractivity contribution in [3.8, 4) is 11.3 Å². The van der Waals surface area contributed by atoms with E-state index in [1.807, 2.05) is 11.8 Å². The number of benzene rings is 5. The highest BCUT2D eigenvalue weighted by atomic mass is 32.2. The van der Waals surface area contributed by atoms with Gasteiger partial charge in [0.2, 0.25) is 5.69 Å². The van der Waals surface area contributed by atoms with E-state index in [9.17, 15) is 0 Å². The number of fused-ring (bicyclic) bond motifs is 6. The van der Waals surface area contributed by atoms with Crippen LogP contribution in [0.15, 0.2) is 82.7 Å². The van der Waals surface area contributed by atoms with Crippen molar-refractivity contribution < 1.29 is 4.57 Å². The van der Waals surface area contributed by atoms with Gasteiger partial charge in [0, 0.05) is 15.9 Å². The summed E-state index contributed by atoms with van der Waals surface area (Å²) in [6, 6.07) is 25.6. The molecule has 41 heavy (non-hydrogen) atoms. The zero-order chi connectivity index (χ0) is 28.8. The maximum Gasteiger partial charge on any atom is 0.222 e. The Morgan fingerprint density at radius 1 is 0.659 bits per heavy atom. The zero-order valence-corrected chi connectivity index (χ0v) is 26.5. The van der Waals surface area contributed by atoms with Crippen LogP contribution in [0.3, 0.4) is 0 Å². The summed E-state index contributed by atoms with van der Waals surface area (Å²) in [5, 5.41) is 10.9. The van der Waals surface area contributed by atoms with Gasteiger partial charge in [-0.15, -0.1) is 0 Å². The van der Waals surface area contributed by atoms with Gasteiger partial charge in [-0.05, 0) is 103 Å². The lowest BCUT2D eigenvalue weighted by Crippen LogP contribution is -2.32. The minimum absolute atomic E-state index is 0.164. The molecule has 0 unspecified atom stereocenters. The molecule has 0 amide bonds. The van der Waals surface area contributed by atoms with Gasteiger partial charge in [0.25, 0.3) is 0 Å². The normalized spacial score (nSPS) is 13.5. The smallest absolute Gasteiger partial charge is 0.200 e. The highest BCUT2D eigenvalue weighted by Gasteiger charge is 2.33. The molecular formula is C39H40NS+. The first kappa shape index (κ1) is 26.5.